The third-order valence-corrected chi connectivity index (χ3v) is 1.90. The molecule has 1 unspecified atom stereocenters. The Bertz CT molecular complexity index is 405. The van der Waals surface area contributed by atoms with Crippen LogP contribution in [0.5, 0.6) is 0 Å². The van der Waals surface area contributed by atoms with Crippen LogP contribution in [0.3, 0.4) is 0 Å². The number of aromatic nitrogens is 2. The fraction of sp³-hybridized carbons (Fsp3) is 0.375. The van der Waals surface area contributed by atoms with E-state index in [4.69, 9.17) is 0 Å². The SMILES string of the molecule is Cc1nc2c(c(=O)[nH]1)N=CC2C. The summed E-state index contributed by atoms with van der Waals surface area (Å²) in [7, 11) is 0. The molecule has 1 aromatic heterocycles. The Morgan fingerprint density at radius 1 is 1.58 bits per heavy atom. The van der Waals surface area contributed by atoms with Gasteiger partial charge in [-0.05, 0) is 6.92 Å². The Morgan fingerprint density at radius 2 is 2.33 bits per heavy atom. The zero-order valence-electron chi connectivity index (χ0n) is 6.96. The lowest BCUT2D eigenvalue weighted by Gasteiger charge is -2.00. The zero-order valence-corrected chi connectivity index (χ0v) is 6.96. The Kier molecular flexibility index (Phi) is 1.36. The molecule has 1 N–H and O–H groups in total. The number of H-pyrrole nitrogens is 1. The molecule has 0 amide bonds. The first-order valence-corrected chi connectivity index (χ1v) is 3.83. The molecule has 0 saturated heterocycles. The molecule has 1 aliphatic heterocycles. The quantitative estimate of drug-likeness (QED) is 0.617. The van der Waals surface area contributed by atoms with Gasteiger partial charge >= 0.3 is 0 Å². The van der Waals surface area contributed by atoms with Gasteiger partial charge in [0.1, 0.15) is 11.5 Å². The van der Waals surface area contributed by atoms with Crippen molar-refractivity contribution in [2.24, 2.45) is 4.99 Å². The molecular formula is C8H9N3O. The summed E-state index contributed by atoms with van der Waals surface area (Å²) in [6, 6.07) is 0. The Labute approximate surface area is 69.4 Å². The summed E-state index contributed by atoms with van der Waals surface area (Å²) < 4.78 is 0. The predicted octanol–water partition coefficient (Wildman–Crippen LogP) is 0.898. The van der Waals surface area contributed by atoms with Crippen LogP contribution in [0.15, 0.2) is 9.79 Å². The Balaban J connectivity index is 2.75. The first-order chi connectivity index (χ1) is 5.68. The lowest BCUT2D eigenvalue weighted by Crippen LogP contribution is -2.11. The molecule has 0 radical (unpaired) electrons. The van der Waals surface area contributed by atoms with Gasteiger partial charge in [0, 0.05) is 12.1 Å². The second kappa shape index (κ2) is 2.27. The van der Waals surface area contributed by atoms with Crippen molar-refractivity contribution in [3.05, 3.63) is 21.9 Å². The summed E-state index contributed by atoms with van der Waals surface area (Å²) in [4.78, 5) is 22.1. The van der Waals surface area contributed by atoms with Crippen molar-refractivity contribution in [2.45, 2.75) is 19.8 Å². The molecule has 0 saturated carbocycles. The minimum atomic E-state index is -0.141. The van der Waals surface area contributed by atoms with E-state index < -0.39 is 0 Å². The van der Waals surface area contributed by atoms with Crippen LogP contribution in [0, 0.1) is 6.92 Å². The largest absolute Gasteiger partial charge is 0.309 e. The molecule has 0 aliphatic carbocycles. The number of aliphatic imine (C=N–C) groups is 1. The molecule has 62 valence electrons. The van der Waals surface area contributed by atoms with Gasteiger partial charge in [0.2, 0.25) is 0 Å². The first-order valence-electron chi connectivity index (χ1n) is 3.83. The highest BCUT2D eigenvalue weighted by molar-refractivity contribution is 5.78. The topological polar surface area (TPSA) is 58.1 Å². The Morgan fingerprint density at radius 3 is 3.08 bits per heavy atom. The highest BCUT2D eigenvalue weighted by atomic mass is 16.1. The van der Waals surface area contributed by atoms with Crippen molar-refractivity contribution in [2.75, 3.05) is 0 Å². The van der Waals surface area contributed by atoms with Crippen molar-refractivity contribution in [3.8, 4) is 0 Å². The monoisotopic (exact) mass is 163 g/mol. The van der Waals surface area contributed by atoms with Gasteiger partial charge in [-0.3, -0.25) is 9.79 Å². The van der Waals surface area contributed by atoms with Gasteiger partial charge in [0.05, 0.1) is 5.69 Å². The van der Waals surface area contributed by atoms with Crippen molar-refractivity contribution in [3.63, 3.8) is 0 Å². The molecule has 1 aromatic rings. The number of hydrogen-bond donors (Lipinski definition) is 1. The van der Waals surface area contributed by atoms with Crippen LogP contribution in [-0.4, -0.2) is 16.2 Å². The molecule has 1 atom stereocenters. The standard InChI is InChI=1S/C8H9N3O/c1-4-3-9-7-6(4)10-5(2)11-8(7)12/h3-4H,1-2H3,(H,10,11,12). The molecule has 0 aromatic carbocycles. The van der Waals surface area contributed by atoms with E-state index in [1.54, 1.807) is 13.1 Å². The minimum Gasteiger partial charge on any atom is -0.309 e. The number of aryl methyl sites for hydroxylation is 1. The number of rotatable bonds is 0. The second-order valence-corrected chi connectivity index (χ2v) is 2.95. The fourth-order valence-electron chi connectivity index (χ4n) is 1.30. The maximum Gasteiger partial charge on any atom is 0.277 e. The maximum absolute atomic E-state index is 11.3. The van der Waals surface area contributed by atoms with Gasteiger partial charge in [0.15, 0.2) is 0 Å². The number of nitrogens with zero attached hydrogens (tertiary/aromatic N) is 2. The van der Waals surface area contributed by atoms with Crippen molar-refractivity contribution >= 4 is 11.9 Å². The molecule has 0 fully saturated rings. The lowest BCUT2D eigenvalue weighted by molar-refractivity contribution is 0.918. The zero-order chi connectivity index (χ0) is 8.72. The number of nitrogens with one attached hydrogen (secondary N) is 1. The normalized spacial score (nSPS) is 19.7. The molecule has 2 heterocycles. The average Bonchev–Trinajstić information content (AvgIpc) is 2.33. The smallest absolute Gasteiger partial charge is 0.277 e. The molecule has 1 aliphatic rings. The van der Waals surface area contributed by atoms with Gasteiger partial charge in [-0.1, -0.05) is 6.92 Å². The molecule has 12 heavy (non-hydrogen) atoms. The molecular weight excluding hydrogens is 154 g/mol. The van der Waals surface area contributed by atoms with Crippen LogP contribution >= 0.6 is 0 Å². The van der Waals surface area contributed by atoms with Crippen LogP contribution < -0.4 is 5.56 Å². The summed E-state index contributed by atoms with van der Waals surface area (Å²) in [5.74, 6) is 0.817. The lowest BCUT2D eigenvalue weighted by atomic mass is 10.1. The van der Waals surface area contributed by atoms with Gasteiger partial charge in [0.25, 0.3) is 5.56 Å². The van der Waals surface area contributed by atoms with Crippen molar-refractivity contribution in [1.82, 2.24) is 9.97 Å². The molecule has 4 heteroatoms. The second-order valence-electron chi connectivity index (χ2n) is 2.95. The van der Waals surface area contributed by atoms with Crippen LogP contribution in [-0.2, 0) is 0 Å². The van der Waals surface area contributed by atoms with Gasteiger partial charge in [-0.15, -0.1) is 0 Å². The summed E-state index contributed by atoms with van der Waals surface area (Å²) in [6.07, 6.45) is 1.74. The molecule has 4 nitrogen and oxygen atoms in total. The summed E-state index contributed by atoms with van der Waals surface area (Å²) in [5, 5.41) is 0. The summed E-state index contributed by atoms with van der Waals surface area (Å²) in [5.41, 5.74) is 1.11. The van der Waals surface area contributed by atoms with E-state index in [0.29, 0.717) is 11.5 Å². The third kappa shape index (κ3) is 0.879. The highest BCUT2D eigenvalue weighted by Crippen LogP contribution is 2.25. The van der Waals surface area contributed by atoms with Crippen LogP contribution in [0.4, 0.5) is 5.69 Å². The van der Waals surface area contributed by atoms with E-state index in [9.17, 15) is 4.79 Å². The summed E-state index contributed by atoms with van der Waals surface area (Å²) >= 11 is 0. The predicted molar refractivity (Wildman–Crippen MR) is 46.2 cm³/mol. The van der Waals surface area contributed by atoms with E-state index in [2.05, 4.69) is 15.0 Å². The van der Waals surface area contributed by atoms with Crippen LogP contribution in [0.25, 0.3) is 0 Å². The van der Waals surface area contributed by atoms with Gasteiger partial charge in [-0.2, -0.15) is 0 Å². The number of fused-ring (bicyclic) bond motifs is 1. The van der Waals surface area contributed by atoms with E-state index >= 15 is 0 Å². The Hall–Kier alpha value is -1.45. The van der Waals surface area contributed by atoms with Gasteiger partial charge in [-0.25, -0.2) is 4.98 Å². The third-order valence-electron chi connectivity index (χ3n) is 1.90. The number of aromatic amines is 1. The van der Waals surface area contributed by atoms with E-state index in [0.717, 1.165) is 5.69 Å². The van der Waals surface area contributed by atoms with Gasteiger partial charge < -0.3 is 4.98 Å². The van der Waals surface area contributed by atoms with E-state index in [1.807, 2.05) is 6.92 Å². The van der Waals surface area contributed by atoms with E-state index in [1.165, 1.54) is 0 Å². The minimum absolute atomic E-state index is 0.141. The maximum atomic E-state index is 11.3. The fourth-order valence-corrected chi connectivity index (χ4v) is 1.30. The molecule has 2 rings (SSSR count). The van der Waals surface area contributed by atoms with Crippen LogP contribution in [0.1, 0.15) is 24.4 Å². The van der Waals surface area contributed by atoms with E-state index in [-0.39, 0.29) is 11.5 Å². The summed E-state index contributed by atoms with van der Waals surface area (Å²) in [6.45, 7) is 3.74. The highest BCUT2D eigenvalue weighted by Gasteiger charge is 2.19. The average molecular weight is 163 g/mol. The first kappa shape index (κ1) is 7.21. The van der Waals surface area contributed by atoms with Crippen LogP contribution in [0.2, 0.25) is 0 Å². The van der Waals surface area contributed by atoms with Crippen molar-refractivity contribution < 1.29 is 0 Å². The molecule has 0 spiro atoms. The number of hydrogen-bond acceptors (Lipinski definition) is 3. The van der Waals surface area contributed by atoms with Crippen molar-refractivity contribution in [1.29, 1.82) is 0 Å². The molecule has 0 bridgehead atoms.